The smallest absolute Gasteiger partial charge is 0.254 e. The van der Waals surface area contributed by atoms with E-state index in [1.54, 1.807) is 33.0 Å². The predicted molar refractivity (Wildman–Crippen MR) is 69.4 cm³/mol. The first-order chi connectivity index (χ1) is 8.38. The van der Waals surface area contributed by atoms with E-state index in [2.05, 4.69) is 15.6 Å². The Morgan fingerprint density at radius 1 is 1.44 bits per heavy atom. The second-order valence-corrected chi connectivity index (χ2v) is 4.85. The van der Waals surface area contributed by atoms with Gasteiger partial charge in [-0.15, -0.1) is 0 Å². The van der Waals surface area contributed by atoms with Crippen LogP contribution in [0.1, 0.15) is 24.2 Å². The van der Waals surface area contributed by atoms with Crippen LogP contribution in [0.4, 0.5) is 0 Å². The molecule has 98 valence electrons. The van der Waals surface area contributed by atoms with Crippen molar-refractivity contribution in [2.24, 2.45) is 5.41 Å². The van der Waals surface area contributed by atoms with Crippen LogP contribution < -0.4 is 10.6 Å². The lowest BCUT2D eigenvalue weighted by Crippen LogP contribution is -2.43. The van der Waals surface area contributed by atoms with Crippen molar-refractivity contribution >= 4 is 23.4 Å². The number of hydrogen-bond acceptors (Lipinski definition) is 3. The van der Waals surface area contributed by atoms with Crippen molar-refractivity contribution in [3.63, 3.8) is 0 Å². The minimum atomic E-state index is -0.681. The Labute approximate surface area is 111 Å². The Kier molecular flexibility index (Phi) is 4.67. The number of carbonyl (C=O) groups excluding carboxylic acids is 2. The molecule has 0 aliphatic carbocycles. The van der Waals surface area contributed by atoms with Gasteiger partial charge in [0.15, 0.2) is 0 Å². The van der Waals surface area contributed by atoms with Crippen LogP contribution in [0.15, 0.2) is 18.3 Å². The Hall–Kier alpha value is -1.62. The van der Waals surface area contributed by atoms with E-state index < -0.39 is 5.41 Å². The zero-order valence-electron chi connectivity index (χ0n) is 10.6. The molecular formula is C12H16ClN3O2. The molecule has 0 saturated carbocycles. The summed E-state index contributed by atoms with van der Waals surface area (Å²) in [7, 11) is 1.56. The molecule has 0 radical (unpaired) electrons. The SMILES string of the molecule is CNC(=O)C(C)(C)CNC(=O)c1cccnc1Cl. The fraction of sp³-hybridized carbons (Fsp3) is 0.417. The minimum Gasteiger partial charge on any atom is -0.359 e. The quantitative estimate of drug-likeness (QED) is 0.808. The van der Waals surface area contributed by atoms with E-state index in [1.807, 2.05) is 0 Å². The number of aromatic nitrogens is 1. The van der Waals surface area contributed by atoms with Crippen molar-refractivity contribution in [2.45, 2.75) is 13.8 Å². The maximum absolute atomic E-state index is 11.9. The van der Waals surface area contributed by atoms with Crippen molar-refractivity contribution in [3.8, 4) is 0 Å². The summed E-state index contributed by atoms with van der Waals surface area (Å²) in [6.45, 7) is 3.71. The third-order valence-electron chi connectivity index (χ3n) is 2.54. The second kappa shape index (κ2) is 5.82. The van der Waals surface area contributed by atoms with E-state index in [4.69, 9.17) is 11.6 Å². The van der Waals surface area contributed by atoms with Gasteiger partial charge in [0.25, 0.3) is 5.91 Å². The van der Waals surface area contributed by atoms with Gasteiger partial charge in [0.2, 0.25) is 5.91 Å². The van der Waals surface area contributed by atoms with Gasteiger partial charge < -0.3 is 10.6 Å². The van der Waals surface area contributed by atoms with Gasteiger partial charge in [-0.1, -0.05) is 11.6 Å². The molecule has 0 aliphatic heterocycles. The van der Waals surface area contributed by atoms with Crippen molar-refractivity contribution < 1.29 is 9.59 Å². The zero-order chi connectivity index (χ0) is 13.8. The van der Waals surface area contributed by atoms with Gasteiger partial charge in [-0.2, -0.15) is 0 Å². The van der Waals surface area contributed by atoms with Crippen molar-refractivity contribution in [1.82, 2.24) is 15.6 Å². The number of amides is 2. The number of rotatable bonds is 4. The van der Waals surface area contributed by atoms with Crippen LogP contribution >= 0.6 is 11.6 Å². The molecule has 1 aromatic rings. The molecule has 0 aliphatic rings. The highest BCUT2D eigenvalue weighted by molar-refractivity contribution is 6.32. The lowest BCUT2D eigenvalue weighted by molar-refractivity contribution is -0.128. The Morgan fingerprint density at radius 2 is 2.11 bits per heavy atom. The molecule has 1 heterocycles. The minimum absolute atomic E-state index is 0.139. The highest BCUT2D eigenvalue weighted by atomic mass is 35.5. The van der Waals surface area contributed by atoms with Crippen LogP contribution in [0.5, 0.6) is 0 Å². The van der Waals surface area contributed by atoms with Gasteiger partial charge in [-0.3, -0.25) is 9.59 Å². The van der Waals surface area contributed by atoms with Crippen LogP contribution in [0.25, 0.3) is 0 Å². The summed E-state index contributed by atoms with van der Waals surface area (Å²) in [5.74, 6) is -0.481. The number of carbonyl (C=O) groups is 2. The molecule has 0 bridgehead atoms. The third-order valence-corrected chi connectivity index (χ3v) is 2.84. The van der Waals surface area contributed by atoms with E-state index in [1.165, 1.54) is 6.20 Å². The monoisotopic (exact) mass is 269 g/mol. The Bertz CT molecular complexity index is 460. The number of pyridine rings is 1. The van der Waals surface area contributed by atoms with Crippen molar-refractivity contribution in [2.75, 3.05) is 13.6 Å². The fourth-order valence-corrected chi connectivity index (χ4v) is 1.58. The van der Waals surface area contributed by atoms with Crippen LogP contribution in [0, 0.1) is 5.41 Å². The molecule has 18 heavy (non-hydrogen) atoms. The molecule has 0 spiro atoms. The van der Waals surface area contributed by atoms with Gasteiger partial charge in [0.1, 0.15) is 5.15 Å². The number of nitrogens with zero attached hydrogens (tertiary/aromatic N) is 1. The van der Waals surface area contributed by atoms with Gasteiger partial charge in [-0.05, 0) is 26.0 Å². The average molecular weight is 270 g/mol. The molecule has 1 rings (SSSR count). The molecular weight excluding hydrogens is 254 g/mol. The van der Waals surface area contributed by atoms with E-state index in [-0.39, 0.29) is 23.5 Å². The Balaban J connectivity index is 2.68. The summed E-state index contributed by atoms with van der Waals surface area (Å²) in [5.41, 5.74) is -0.383. The average Bonchev–Trinajstić information content (AvgIpc) is 2.35. The van der Waals surface area contributed by atoms with Gasteiger partial charge in [-0.25, -0.2) is 4.98 Å². The van der Waals surface area contributed by atoms with Crippen molar-refractivity contribution in [3.05, 3.63) is 29.0 Å². The number of halogens is 1. The first kappa shape index (κ1) is 14.4. The normalized spacial score (nSPS) is 10.9. The maximum atomic E-state index is 11.9. The summed E-state index contributed by atoms with van der Waals surface area (Å²) in [5, 5.41) is 5.37. The lowest BCUT2D eigenvalue weighted by atomic mass is 9.92. The van der Waals surface area contributed by atoms with Crippen molar-refractivity contribution in [1.29, 1.82) is 0 Å². The van der Waals surface area contributed by atoms with Crippen LogP contribution in [-0.4, -0.2) is 30.4 Å². The molecule has 0 fully saturated rings. The van der Waals surface area contributed by atoms with E-state index in [0.29, 0.717) is 5.56 Å². The molecule has 0 unspecified atom stereocenters. The van der Waals surface area contributed by atoms with Crippen LogP contribution in [0.3, 0.4) is 0 Å². The van der Waals surface area contributed by atoms with Gasteiger partial charge in [0, 0.05) is 19.8 Å². The van der Waals surface area contributed by atoms with Crippen LogP contribution in [-0.2, 0) is 4.79 Å². The van der Waals surface area contributed by atoms with E-state index in [9.17, 15) is 9.59 Å². The first-order valence-corrected chi connectivity index (χ1v) is 5.87. The summed E-state index contributed by atoms with van der Waals surface area (Å²) in [6, 6.07) is 3.21. The molecule has 2 N–H and O–H groups in total. The summed E-state index contributed by atoms with van der Waals surface area (Å²) in [6.07, 6.45) is 1.51. The predicted octanol–water partition coefficient (Wildman–Crippen LogP) is 1.24. The molecule has 0 saturated heterocycles. The second-order valence-electron chi connectivity index (χ2n) is 4.49. The van der Waals surface area contributed by atoms with E-state index in [0.717, 1.165) is 0 Å². The van der Waals surface area contributed by atoms with Gasteiger partial charge in [0.05, 0.1) is 11.0 Å². The first-order valence-electron chi connectivity index (χ1n) is 5.49. The zero-order valence-corrected chi connectivity index (χ0v) is 11.3. The molecule has 0 aromatic carbocycles. The van der Waals surface area contributed by atoms with Crippen LogP contribution in [0.2, 0.25) is 5.15 Å². The number of nitrogens with one attached hydrogen (secondary N) is 2. The summed E-state index contributed by atoms with van der Waals surface area (Å²) < 4.78 is 0. The largest absolute Gasteiger partial charge is 0.359 e. The summed E-state index contributed by atoms with van der Waals surface area (Å²) >= 11 is 5.81. The molecule has 2 amide bonds. The molecule has 6 heteroatoms. The molecule has 5 nitrogen and oxygen atoms in total. The fourth-order valence-electron chi connectivity index (χ4n) is 1.37. The standard InChI is InChI=1S/C12H16ClN3O2/c1-12(2,11(18)14-3)7-16-10(17)8-5-4-6-15-9(8)13/h4-6H,7H2,1-3H3,(H,14,18)(H,16,17). The topological polar surface area (TPSA) is 71.1 Å². The third kappa shape index (κ3) is 3.43. The molecule has 0 atom stereocenters. The highest BCUT2D eigenvalue weighted by Crippen LogP contribution is 2.15. The summed E-state index contributed by atoms with van der Waals surface area (Å²) in [4.78, 5) is 27.2. The lowest BCUT2D eigenvalue weighted by Gasteiger charge is -2.22. The number of hydrogen-bond donors (Lipinski definition) is 2. The van der Waals surface area contributed by atoms with Gasteiger partial charge >= 0.3 is 0 Å². The molecule has 1 aromatic heterocycles. The Morgan fingerprint density at radius 3 is 2.67 bits per heavy atom. The van der Waals surface area contributed by atoms with E-state index >= 15 is 0 Å². The highest BCUT2D eigenvalue weighted by Gasteiger charge is 2.27. The maximum Gasteiger partial charge on any atom is 0.254 e.